The Labute approximate surface area is 194 Å². The summed E-state index contributed by atoms with van der Waals surface area (Å²) in [5.74, 6) is -2.22. The van der Waals surface area contributed by atoms with E-state index in [1.165, 1.54) is 19.1 Å². The van der Waals surface area contributed by atoms with E-state index in [9.17, 15) is 23.1 Å². The molecule has 0 saturated carbocycles. The Hall–Kier alpha value is -2.75. The topological polar surface area (TPSA) is 110 Å². The molecular formula is C24H29NO7S. The quantitative estimate of drug-likeness (QED) is 0.555. The van der Waals surface area contributed by atoms with Crippen LogP contribution in [0.1, 0.15) is 25.0 Å². The predicted octanol–water partition coefficient (Wildman–Crippen LogP) is 2.92. The number of ether oxygens (including phenoxy) is 1. The van der Waals surface area contributed by atoms with Crippen LogP contribution in [0, 0.1) is 18.8 Å². The number of benzene rings is 2. The third-order valence-electron chi connectivity index (χ3n) is 5.79. The first kappa shape index (κ1) is 24.9. The van der Waals surface area contributed by atoms with Gasteiger partial charge in [-0.2, -0.15) is 8.42 Å². The van der Waals surface area contributed by atoms with E-state index < -0.39 is 46.1 Å². The number of nitrogens with zero attached hydrogens (tertiary/aromatic N) is 1. The monoisotopic (exact) mass is 475 g/mol. The van der Waals surface area contributed by atoms with Crippen molar-refractivity contribution in [1.82, 2.24) is 4.90 Å². The Morgan fingerprint density at radius 1 is 1.15 bits per heavy atom. The van der Waals surface area contributed by atoms with E-state index >= 15 is 0 Å². The molecule has 1 N–H and O–H groups in total. The molecule has 2 amide bonds. The molecule has 3 rings (SSSR count). The SMILES string of the molecule is Cc1ccc(S(=O)(=O)OC[C@H](C)[C@H](O)[C@@H](C)C(=O)N2C(=O)OC[C@H]2Cc2ccccc2)cc1. The predicted molar refractivity (Wildman–Crippen MR) is 121 cm³/mol. The highest BCUT2D eigenvalue weighted by molar-refractivity contribution is 7.86. The lowest BCUT2D eigenvalue weighted by Gasteiger charge is -2.28. The molecule has 1 aliphatic rings. The first-order valence-electron chi connectivity index (χ1n) is 10.8. The molecule has 0 spiro atoms. The third kappa shape index (κ3) is 5.98. The van der Waals surface area contributed by atoms with Gasteiger partial charge in [0.2, 0.25) is 5.91 Å². The third-order valence-corrected chi connectivity index (χ3v) is 7.09. The van der Waals surface area contributed by atoms with Crippen LogP contribution in [0.2, 0.25) is 0 Å². The number of carbonyl (C=O) groups excluding carboxylic acids is 2. The molecule has 0 bridgehead atoms. The van der Waals surface area contributed by atoms with Crippen LogP contribution in [0.25, 0.3) is 0 Å². The normalized spacial score (nSPS) is 19.1. The Kier molecular flexibility index (Phi) is 7.88. The molecule has 0 aromatic heterocycles. The maximum atomic E-state index is 13.1. The van der Waals surface area contributed by atoms with Gasteiger partial charge in [-0.25, -0.2) is 9.69 Å². The van der Waals surface area contributed by atoms with Crippen LogP contribution >= 0.6 is 0 Å². The van der Waals surface area contributed by atoms with Gasteiger partial charge in [0.15, 0.2) is 0 Å². The van der Waals surface area contributed by atoms with Crippen molar-refractivity contribution in [1.29, 1.82) is 0 Å². The highest BCUT2D eigenvalue weighted by atomic mass is 32.2. The summed E-state index contributed by atoms with van der Waals surface area (Å²) in [4.78, 5) is 26.4. The number of aliphatic hydroxyl groups is 1. The van der Waals surface area contributed by atoms with Crippen molar-refractivity contribution in [2.24, 2.45) is 11.8 Å². The average molecular weight is 476 g/mol. The second kappa shape index (κ2) is 10.5. The van der Waals surface area contributed by atoms with Gasteiger partial charge in [-0.15, -0.1) is 0 Å². The lowest BCUT2D eigenvalue weighted by atomic mass is 9.92. The van der Waals surface area contributed by atoms with E-state index in [1.54, 1.807) is 19.1 Å². The number of amides is 2. The molecule has 2 aromatic carbocycles. The van der Waals surface area contributed by atoms with Gasteiger partial charge < -0.3 is 9.84 Å². The number of aryl methyl sites for hydroxylation is 1. The Morgan fingerprint density at radius 3 is 2.42 bits per heavy atom. The molecule has 0 unspecified atom stereocenters. The highest BCUT2D eigenvalue weighted by Gasteiger charge is 2.42. The van der Waals surface area contributed by atoms with Crippen LogP contribution in [0.15, 0.2) is 59.5 Å². The molecule has 1 heterocycles. The molecule has 1 saturated heterocycles. The summed E-state index contributed by atoms with van der Waals surface area (Å²) in [6.45, 7) is 4.70. The summed E-state index contributed by atoms with van der Waals surface area (Å²) >= 11 is 0. The highest BCUT2D eigenvalue weighted by Crippen LogP contribution is 2.24. The average Bonchev–Trinajstić information content (AvgIpc) is 3.16. The van der Waals surface area contributed by atoms with Crippen molar-refractivity contribution in [2.75, 3.05) is 13.2 Å². The van der Waals surface area contributed by atoms with Gasteiger partial charge in [-0.05, 0) is 31.0 Å². The van der Waals surface area contributed by atoms with Crippen molar-refractivity contribution in [2.45, 2.75) is 44.2 Å². The Balaban J connectivity index is 1.62. The zero-order chi connectivity index (χ0) is 24.2. The fraction of sp³-hybridized carbons (Fsp3) is 0.417. The largest absolute Gasteiger partial charge is 0.447 e. The van der Waals surface area contributed by atoms with Crippen LogP contribution in [-0.4, -0.2) is 55.8 Å². The van der Waals surface area contributed by atoms with Crippen molar-refractivity contribution >= 4 is 22.1 Å². The number of carbonyl (C=O) groups is 2. The molecule has 33 heavy (non-hydrogen) atoms. The van der Waals surface area contributed by atoms with E-state index in [1.807, 2.05) is 37.3 Å². The molecular weight excluding hydrogens is 446 g/mol. The standard InChI is InChI=1S/C24H29NO7S/c1-16-9-11-21(12-10-16)33(29,30)32-14-17(2)22(26)18(3)23(27)25-20(15-31-24(25)28)13-19-7-5-4-6-8-19/h4-12,17-18,20,22,26H,13-15H2,1-3H3/t17-,18+,20+,22-/m0/s1. The zero-order valence-electron chi connectivity index (χ0n) is 18.9. The van der Waals surface area contributed by atoms with E-state index in [4.69, 9.17) is 8.92 Å². The number of hydrogen-bond acceptors (Lipinski definition) is 7. The van der Waals surface area contributed by atoms with Crippen LogP contribution in [0.4, 0.5) is 4.79 Å². The second-order valence-electron chi connectivity index (χ2n) is 8.44. The minimum atomic E-state index is -4.00. The maximum absolute atomic E-state index is 13.1. The molecule has 1 aliphatic heterocycles. The minimum absolute atomic E-state index is 0.0162. The minimum Gasteiger partial charge on any atom is -0.447 e. The molecule has 9 heteroatoms. The first-order valence-corrected chi connectivity index (χ1v) is 12.2. The van der Waals surface area contributed by atoms with E-state index in [2.05, 4.69) is 0 Å². The molecule has 1 fully saturated rings. The number of rotatable bonds is 9. The van der Waals surface area contributed by atoms with Gasteiger partial charge >= 0.3 is 6.09 Å². The fourth-order valence-corrected chi connectivity index (χ4v) is 4.69. The van der Waals surface area contributed by atoms with Crippen LogP contribution in [0.5, 0.6) is 0 Å². The van der Waals surface area contributed by atoms with Crippen molar-refractivity contribution in [3.05, 3.63) is 65.7 Å². The van der Waals surface area contributed by atoms with Gasteiger partial charge in [-0.1, -0.05) is 61.9 Å². The van der Waals surface area contributed by atoms with Crippen molar-refractivity contribution < 1.29 is 32.0 Å². The number of hydrogen-bond donors (Lipinski definition) is 1. The molecule has 8 nitrogen and oxygen atoms in total. The Bertz CT molecular complexity index is 1070. The fourth-order valence-electron chi connectivity index (χ4n) is 3.69. The van der Waals surface area contributed by atoms with E-state index in [0.717, 1.165) is 16.0 Å². The van der Waals surface area contributed by atoms with Crippen LogP contribution in [-0.2, 0) is 30.3 Å². The zero-order valence-corrected chi connectivity index (χ0v) is 19.7. The first-order chi connectivity index (χ1) is 15.6. The summed E-state index contributed by atoms with van der Waals surface area (Å²) in [5, 5.41) is 10.7. The van der Waals surface area contributed by atoms with Crippen molar-refractivity contribution in [3.63, 3.8) is 0 Å². The lowest BCUT2D eigenvalue weighted by Crippen LogP contribution is -2.47. The summed E-state index contributed by atoms with van der Waals surface area (Å²) < 4.78 is 35.0. The van der Waals surface area contributed by atoms with E-state index in [-0.39, 0.29) is 18.1 Å². The second-order valence-corrected chi connectivity index (χ2v) is 10.1. The lowest BCUT2D eigenvalue weighted by molar-refractivity contribution is -0.137. The summed E-state index contributed by atoms with van der Waals surface area (Å²) in [7, 11) is -4.00. The number of imide groups is 1. The molecule has 4 atom stereocenters. The van der Waals surface area contributed by atoms with Gasteiger partial charge in [0.05, 0.1) is 29.6 Å². The van der Waals surface area contributed by atoms with Gasteiger partial charge in [0, 0.05) is 5.92 Å². The maximum Gasteiger partial charge on any atom is 0.416 e. The van der Waals surface area contributed by atoms with Crippen molar-refractivity contribution in [3.8, 4) is 0 Å². The van der Waals surface area contributed by atoms with Gasteiger partial charge in [-0.3, -0.25) is 8.98 Å². The molecule has 0 aliphatic carbocycles. The summed E-state index contributed by atoms with van der Waals surface area (Å²) in [6, 6.07) is 15.2. The smallest absolute Gasteiger partial charge is 0.416 e. The summed E-state index contributed by atoms with van der Waals surface area (Å²) in [5.41, 5.74) is 1.87. The van der Waals surface area contributed by atoms with E-state index in [0.29, 0.717) is 6.42 Å². The molecule has 178 valence electrons. The summed E-state index contributed by atoms with van der Waals surface area (Å²) in [6.07, 6.45) is -1.53. The number of aliphatic hydroxyl groups excluding tert-OH is 1. The Morgan fingerprint density at radius 2 is 1.79 bits per heavy atom. The van der Waals surface area contributed by atoms with Crippen LogP contribution in [0.3, 0.4) is 0 Å². The van der Waals surface area contributed by atoms with Crippen LogP contribution < -0.4 is 0 Å². The van der Waals surface area contributed by atoms with Gasteiger partial charge in [0.25, 0.3) is 10.1 Å². The molecule has 0 radical (unpaired) electrons. The van der Waals surface area contributed by atoms with Gasteiger partial charge in [0.1, 0.15) is 6.61 Å². The number of cyclic esters (lactones) is 1. The molecule has 2 aromatic rings.